The van der Waals surface area contributed by atoms with Gasteiger partial charge in [0.05, 0.1) is 4.92 Å². The zero-order valence-electron chi connectivity index (χ0n) is 14.5. The summed E-state index contributed by atoms with van der Waals surface area (Å²) in [6, 6.07) is 26.9. The minimum atomic E-state index is -0.399. The van der Waals surface area contributed by atoms with Crippen molar-refractivity contribution in [2.75, 3.05) is 0 Å². The third kappa shape index (κ3) is 5.64. The molecule has 4 nitrogen and oxygen atoms in total. The summed E-state index contributed by atoms with van der Waals surface area (Å²) >= 11 is 7.14. The highest BCUT2D eigenvalue weighted by atomic mass is 32.2. The Bertz CT molecular complexity index is 859. The molecular weight excluding hydrogens is 376 g/mol. The molecule has 0 saturated heterocycles. The van der Waals surface area contributed by atoms with Gasteiger partial charge in [-0.2, -0.15) is 0 Å². The highest BCUT2D eigenvalue weighted by molar-refractivity contribution is 8.22. The van der Waals surface area contributed by atoms with Crippen molar-refractivity contribution in [3.63, 3.8) is 0 Å². The maximum absolute atomic E-state index is 10.8. The standard InChI is InChI=1S/C21H18N2O2S2/c24-23(25)19-11-13-20(14-12-19)27-21(26)22(15-17-7-3-1-4-8-17)16-18-9-5-2-6-10-18/h1-14H,15-16H2. The van der Waals surface area contributed by atoms with E-state index in [1.165, 1.54) is 35.0 Å². The van der Waals surface area contributed by atoms with Crippen LogP contribution in [0.2, 0.25) is 0 Å². The number of thioether (sulfide) groups is 1. The maximum Gasteiger partial charge on any atom is 0.269 e. The second kappa shape index (κ2) is 9.30. The van der Waals surface area contributed by atoms with Gasteiger partial charge in [0.1, 0.15) is 4.32 Å². The van der Waals surface area contributed by atoms with Gasteiger partial charge >= 0.3 is 0 Å². The molecule has 3 aromatic carbocycles. The summed E-state index contributed by atoms with van der Waals surface area (Å²) < 4.78 is 0.733. The zero-order valence-corrected chi connectivity index (χ0v) is 16.2. The first kappa shape index (κ1) is 19.1. The van der Waals surface area contributed by atoms with Gasteiger partial charge in [-0.1, -0.05) is 84.6 Å². The first-order chi connectivity index (χ1) is 13.1. The summed E-state index contributed by atoms with van der Waals surface area (Å²) in [5, 5.41) is 10.8. The molecule has 6 heteroatoms. The van der Waals surface area contributed by atoms with Gasteiger partial charge in [-0.25, -0.2) is 0 Å². The van der Waals surface area contributed by atoms with E-state index in [1.807, 2.05) is 36.4 Å². The van der Waals surface area contributed by atoms with Crippen molar-refractivity contribution in [2.24, 2.45) is 0 Å². The Balaban J connectivity index is 1.76. The van der Waals surface area contributed by atoms with Crippen LogP contribution in [0.3, 0.4) is 0 Å². The number of hydrogen-bond acceptors (Lipinski definition) is 4. The number of non-ortho nitro benzene ring substituents is 1. The maximum atomic E-state index is 10.8. The lowest BCUT2D eigenvalue weighted by Gasteiger charge is -2.25. The molecule has 0 aliphatic carbocycles. The molecule has 0 saturated carbocycles. The first-order valence-corrected chi connectivity index (χ1v) is 9.63. The van der Waals surface area contributed by atoms with Crippen LogP contribution >= 0.6 is 24.0 Å². The second-order valence-electron chi connectivity index (χ2n) is 5.95. The predicted octanol–water partition coefficient (Wildman–Crippen LogP) is 5.67. The Hall–Kier alpha value is -2.70. The number of benzene rings is 3. The highest BCUT2D eigenvalue weighted by Gasteiger charge is 2.14. The number of nitro benzene ring substituents is 1. The van der Waals surface area contributed by atoms with Crippen molar-refractivity contribution in [1.82, 2.24) is 4.90 Å². The molecule has 0 bridgehead atoms. The van der Waals surface area contributed by atoms with E-state index in [-0.39, 0.29) is 5.69 Å². The fourth-order valence-corrected chi connectivity index (χ4v) is 3.74. The smallest absolute Gasteiger partial charge is 0.269 e. The molecule has 3 rings (SSSR count). The molecule has 0 aliphatic rings. The predicted molar refractivity (Wildman–Crippen MR) is 114 cm³/mol. The Morgan fingerprint density at radius 3 is 1.78 bits per heavy atom. The number of thiocarbonyl (C=S) groups is 1. The van der Waals surface area contributed by atoms with E-state index in [9.17, 15) is 10.1 Å². The van der Waals surface area contributed by atoms with E-state index in [0.717, 1.165) is 9.22 Å². The third-order valence-corrected chi connectivity index (χ3v) is 5.39. The zero-order chi connectivity index (χ0) is 19.1. The minimum Gasteiger partial charge on any atom is -0.349 e. The number of hydrogen-bond donors (Lipinski definition) is 0. The van der Waals surface area contributed by atoms with E-state index in [4.69, 9.17) is 12.2 Å². The summed E-state index contributed by atoms with van der Waals surface area (Å²) in [7, 11) is 0. The minimum absolute atomic E-state index is 0.0793. The van der Waals surface area contributed by atoms with Crippen molar-refractivity contribution in [2.45, 2.75) is 18.0 Å². The van der Waals surface area contributed by atoms with Crippen LogP contribution in [-0.2, 0) is 13.1 Å². The van der Waals surface area contributed by atoms with Crippen LogP contribution in [0.1, 0.15) is 11.1 Å². The van der Waals surface area contributed by atoms with Gasteiger partial charge in [-0.3, -0.25) is 10.1 Å². The SMILES string of the molecule is O=[N+]([O-])c1ccc(SC(=S)N(Cc2ccccc2)Cc2ccccc2)cc1. The summed E-state index contributed by atoms with van der Waals surface area (Å²) in [4.78, 5) is 13.4. The topological polar surface area (TPSA) is 46.4 Å². The van der Waals surface area contributed by atoms with Gasteiger partial charge < -0.3 is 4.90 Å². The van der Waals surface area contributed by atoms with Gasteiger partial charge in [0.2, 0.25) is 0 Å². The molecular formula is C21H18N2O2S2. The fourth-order valence-electron chi connectivity index (χ4n) is 2.59. The van der Waals surface area contributed by atoms with Gasteiger partial charge in [-0.05, 0) is 23.3 Å². The second-order valence-corrected chi connectivity index (χ2v) is 7.65. The Labute approximate surface area is 168 Å². The van der Waals surface area contributed by atoms with Crippen molar-refractivity contribution in [1.29, 1.82) is 0 Å². The molecule has 0 spiro atoms. The van der Waals surface area contributed by atoms with Crippen molar-refractivity contribution < 1.29 is 4.92 Å². The Morgan fingerprint density at radius 1 is 0.852 bits per heavy atom. The normalized spacial score (nSPS) is 10.4. The van der Waals surface area contributed by atoms with Gasteiger partial charge in [0, 0.05) is 30.1 Å². The van der Waals surface area contributed by atoms with Gasteiger partial charge in [0.15, 0.2) is 0 Å². The van der Waals surface area contributed by atoms with E-state index < -0.39 is 4.92 Å². The van der Waals surface area contributed by atoms with Crippen LogP contribution in [0.25, 0.3) is 0 Å². The molecule has 0 heterocycles. The lowest BCUT2D eigenvalue weighted by molar-refractivity contribution is -0.384. The van der Waals surface area contributed by atoms with E-state index in [2.05, 4.69) is 29.2 Å². The summed E-state index contributed by atoms with van der Waals surface area (Å²) in [5.74, 6) is 0. The number of nitro groups is 1. The van der Waals surface area contributed by atoms with Crippen molar-refractivity contribution in [3.8, 4) is 0 Å². The molecule has 136 valence electrons. The fraction of sp³-hybridized carbons (Fsp3) is 0.0952. The van der Waals surface area contributed by atoms with E-state index >= 15 is 0 Å². The Kier molecular flexibility index (Phi) is 6.57. The largest absolute Gasteiger partial charge is 0.349 e. The quantitative estimate of drug-likeness (QED) is 0.233. The molecule has 3 aromatic rings. The molecule has 0 aliphatic heterocycles. The molecule has 0 fully saturated rings. The van der Waals surface area contributed by atoms with E-state index in [0.29, 0.717) is 13.1 Å². The molecule has 27 heavy (non-hydrogen) atoms. The van der Waals surface area contributed by atoms with Gasteiger partial charge in [0.25, 0.3) is 5.69 Å². The van der Waals surface area contributed by atoms with Crippen LogP contribution in [0, 0.1) is 10.1 Å². The lowest BCUT2D eigenvalue weighted by Crippen LogP contribution is -2.26. The molecule has 0 amide bonds. The molecule has 0 unspecified atom stereocenters. The highest BCUT2D eigenvalue weighted by Crippen LogP contribution is 2.26. The summed E-state index contributed by atoms with van der Waals surface area (Å²) in [5.41, 5.74) is 2.44. The lowest BCUT2D eigenvalue weighted by atomic mass is 10.2. The van der Waals surface area contributed by atoms with Crippen LogP contribution < -0.4 is 0 Å². The average molecular weight is 395 g/mol. The van der Waals surface area contributed by atoms with Crippen LogP contribution in [-0.4, -0.2) is 14.1 Å². The van der Waals surface area contributed by atoms with Crippen molar-refractivity contribution in [3.05, 3.63) is 106 Å². The molecule has 0 radical (unpaired) electrons. The van der Waals surface area contributed by atoms with Crippen LogP contribution in [0.5, 0.6) is 0 Å². The first-order valence-electron chi connectivity index (χ1n) is 8.41. The molecule has 0 atom stereocenters. The summed E-state index contributed by atoms with van der Waals surface area (Å²) in [6.07, 6.45) is 0. The monoisotopic (exact) mass is 394 g/mol. The summed E-state index contributed by atoms with van der Waals surface area (Å²) in [6.45, 7) is 1.41. The average Bonchev–Trinajstić information content (AvgIpc) is 2.69. The number of rotatable bonds is 6. The van der Waals surface area contributed by atoms with Gasteiger partial charge in [-0.15, -0.1) is 0 Å². The number of nitrogens with zero attached hydrogens (tertiary/aromatic N) is 2. The van der Waals surface area contributed by atoms with Crippen LogP contribution in [0.15, 0.2) is 89.8 Å². The molecule has 0 aromatic heterocycles. The van der Waals surface area contributed by atoms with Crippen molar-refractivity contribution >= 4 is 34.0 Å². The third-order valence-electron chi connectivity index (χ3n) is 3.94. The van der Waals surface area contributed by atoms with Crippen LogP contribution in [0.4, 0.5) is 5.69 Å². The Morgan fingerprint density at radius 2 is 1.33 bits per heavy atom. The van der Waals surface area contributed by atoms with E-state index in [1.54, 1.807) is 12.1 Å². The molecule has 0 N–H and O–H groups in total.